The van der Waals surface area contributed by atoms with Gasteiger partial charge in [-0.3, -0.25) is 4.98 Å². The van der Waals surface area contributed by atoms with E-state index >= 15 is 0 Å². The fourth-order valence-corrected chi connectivity index (χ4v) is 2.12. The highest BCUT2D eigenvalue weighted by atomic mass is 79.9. The van der Waals surface area contributed by atoms with Crippen molar-refractivity contribution in [1.29, 1.82) is 0 Å². The second-order valence-electron chi connectivity index (χ2n) is 2.54. The lowest BCUT2D eigenvalue weighted by atomic mass is 10.1. The molecule has 0 amide bonds. The number of rotatable bonds is 3. The Morgan fingerprint density at radius 1 is 1.50 bits per heavy atom. The zero-order chi connectivity index (χ0) is 10.7. The molecule has 0 aliphatic rings. The number of aromatic nitrogens is 1. The van der Waals surface area contributed by atoms with Gasteiger partial charge < -0.3 is 5.11 Å². The summed E-state index contributed by atoms with van der Waals surface area (Å²) < 4.78 is 24.9. The van der Waals surface area contributed by atoms with Crippen LogP contribution in [0.5, 0.6) is 0 Å². The quantitative estimate of drug-likeness (QED) is 0.866. The molecule has 0 saturated heterocycles. The summed E-state index contributed by atoms with van der Waals surface area (Å²) in [6.45, 7) is -0.492. The predicted octanol–water partition coefficient (Wildman–Crippen LogP) is 3.06. The van der Waals surface area contributed by atoms with Crippen LogP contribution < -0.4 is 0 Å². The van der Waals surface area contributed by atoms with E-state index in [1.54, 1.807) is 0 Å². The molecule has 1 heterocycles. The van der Waals surface area contributed by atoms with Crippen molar-refractivity contribution in [2.24, 2.45) is 0 Å². The highest BCUT2D eigenvalue weighted by Gasteiger charge is 2.18. The van der Waals surface area contributed by atoms with Crippen molar-refractivity contribution in [2.75, 3.05) is 0 Å². The average molecular weight is 287 g/mol. The molecule has 1 rings (SSSR count). The van der Waals surface area contributed by atoms with Crippen molar-refractivity contribution in [3.63, 3.8) is 0 Å². The van der Waals surface area contributed by atoms with Gasteiger partial charge in [-0.2, -0.15) is 0 Å². The molecular weight excluding hydrogens is 279 g/mol. The van der Waals surface area contributed by atoms with Crippen LogP contribution in [0.2, 0.25) is 5.02 Å². The van der Waals surface area contributed by atoms with Gasteiger partial charge in [-0.1, -0.05) is 27.5 Å². The molecule has 6 heteroatoms. The molecule has 78 valence electrons. The normalized spacial score (nSPS) is 11.0. The molecule has 0 aromatic carbocycles. The molecule has 0 bridgehead atoms. The molecule has 0 spiro atoms. The van der Waals surface area contributed by atoms with Crippen molar-refractivity contribution < 1.29 is 13.9 Å². The first kappa shape index (κ1) is 11.8. The summed E-state index contributed by atoms with van der Waals surface area (Å²) >= 11 is 8.85. The number of aliphatic hydroxyl groups excluding tert-OH is 1. The van der Waals surface area contributed by atoms with Crippen LogP contribution in [-0.4, -0.2) is 10.1 Å². The molecular formula is C8H7BrClF2NO. The number of halogens is 4. The Morgan fingerprint density at radius 3 is 2.57 bits per heavy atom. The SMILES string of the molecule is OCc1c(C(F)F)ncc(Cl)c1CBr. The third-order valence-corrected chi connectivity index (χ3v) is 2.66. The molecule has 1 N–H and O–H groups in total. The van der Waals surface area contributed by atoms with Crippen molar-refractivity contribution >= 4 is 27.5 Å². The fourth-order valence-electron chi connectivity index (χ4n) is 1.09. The van der Waals surface area contributed by atoms with Gasteiger partial charge >= 0.3 is 0 Å². The Kier molecular flexibility index (Phi) is 4.22. The van der Waals surface area contributed by atoms with Crippen molar-refractivity contribution in [3.8, 4) is 0 Å². The highest BCUT2D eigenvalue weighted by Crippen LogP contribution is 2.29. The number of pyridine rings is 1. The summed E-state index contributed by atoms with van der Waals surface area (Å²) in [7, 11) is 0. The van der Waals surface area contributed by atoms with Crippen LogP contribution in [-0.2, 0) is 11.9 Å². The van der Waals surface area contributed by atoms with Crippen LogP contribution in [0, 0.1) is 0 Å². The molecule has 0 aliphatic heterocycles. The van der Waals surface area contributed by atoms with E-state index in [1.807, 2.05) is 0 Å². The zero-order valence-corrected chi connectivity index (χ0v) is 9.32. The maximum atomic E-state index is 12.4. The minimum atomic E-state index is -2.70. The van der Waals surface area contributed by atoms with Gasteiger partial charge in [0.1, 0.15) is 5.69 Å². The van der Waals surface area contributed by atoms with Crippen molar-refractivity contribution in [1.82, 2.24) is 4.98 Å². The van der Waals surface area contributed by atoms with Gasteiger partial charge in [-0.05, 0) is 5.56 Å². The van der Waals surface area contributed by atoms with E-state index in [2.05, 4.69) is 20.9 Å². The minimum Gasteiger partial charge on any atom is -0.392 e. The maximum Gasteiger partial charge on any atom is 0.280 e. The molecule has 1 aromatic rings. The summed E-state index contributed by atoms with van der Waals surface area (Å²) in [6.07, 6.45) is -1.54. The molecule has 0 fully saturated rings. The summed E-state index contributed by atoms with van der Waals surface area (Å²) in [5.41, 5.74) is 0.148. The van der Waals surface area contributed by atoms with E-state index in [0.717, 1.165) is 0 Å². The van der Waals surface area contributed by atoms with Gasteiger partial charge in [0.05, 0.1) is 11.6 Å². The average Bonchev–Trinajstić information content (AvgIpc) is 2.16. The molecule has 1 aromatic heterocycles. The van der Waals surface area contributed by atoms with E-state index in [4.69, 9.17) is 16.7 Å². The highest BCUT2D eigenvalue weighted by molar-refractivity contribution is 9.08. The lowest BCUT2D eigenvalue weighted by Crippen LogP contribution is -2.03. The Hall–Kier alpha value is -0.260. The van der Waals surface area contributed by atoms with E-state index in [-0.39, 0.29) is 10.6 Å². The molecule has 14 heavy (non-hydrogen) atoms. The number of nitrogens with zero attached hydrogens (tertiary/aromatic N) is 1. The summed E-state index contributed by atoms with van der Waals surface area (Å²) in [5, 5.41) is 9.53. The van der Waals surface area contributed by atoms with E-state index in [9.17, 15) is 8.78 Å². The molecule has 2 nitrogen and oxygen atoms in total. The van der Waals surface area contributed by atoms with Gasteiger partial charge in [0.15, 0.2) is 0 Å². The van der Waals surface area contributed by atoms with Gasteiger partial charge in [0.25, 0.3) is 6.43 Å². The van der Waals surface area contributed by atoms with Crippen LogP contribution in [0.4, 0.5) is 8.78 Å². The largest absolute Gasteiger partial charge is 0.392 e. The second-order valence-corrected chi connectivity index (χ2v) is 3.51. The third-order valence-electron chi connectivity index (χ3n) is 1.78. The van der Waals surface area contributed by atoms with E-state index < -0.39 is 18.7 Å². The summed E-state index contributed by atoms with van der Waals surface area (Å²) in [4.78, 5) is 3.49. The molecule has 0 radical (unpaired) electrons. The number of hydrogen-bond acceptors (Lipinski definition) is 2. The lowest BCUT2D eigenvalue weighted by molar-refractivity contribution is 0.141. The van der Waals surface area contributed by atoms with Crippen LogP contribution in [0.25, 0.3) is 0 Å². The molecule has 0 unspecified atom stereocenters. The van der Waals surface area contributed by atoms with Crippen LogP contribution >= 0.6 is 27.5 Å². The Morgan fingerprint density at radius 2 is 2.14 bits per heavy atom. The van der Waals surface area contributed by atoms with Gasteiger partial charge in [-0.15, -0.1) is 0 Å². The van der Waals surface area contributed by atoms with Crippen LogP contribution in [0.15, 0.2) is 6.20 Å². The fraction of sp³-hybridized carbons (Fsp3) is 0.375. The second kappa shape index (κ2) is 5.00. The van der Waals surface area contributed by atoms with Crippen LogP contribution in [0.3, 0.4) is 0 Å². The zero-order valence-electron chi connectivity index (χ0n) is 6.98. The topological polar surface area (TPSA) is 33.1 Å². The first-order valence-corrected chi connectivity index (χ1v) is 5.22. The van der Waals surface area contributed by atoms with E-state index in [0.29, 0.717) is 10.9 Å². The summed E-state index contributed by atoms with van der Waals surface area (Å²) in [5.74, 6) is 0. The lowest BCUT2D eigenvalue weighted by Gasteiger charge is -2.11. The molecule has 0 saturated carbocycles. The summed E-state index contributed by atoms with van der Waals surface area (Å²) in [6, 6.07) is 0. The first-order chi connectivity index (χ1) is 6.61. The van der Waals surface area contributed by atoms with Gasteiger partial charge in [0.2, 0.25) is 0 Å². The first-order valence-electron chi connectivity index (χ1n) is 3.73. The van der Waals surface area contributed by atoms with E-state index in [1.165, 1.54) is 6.20 Å². The molecule has 0 atom stereocenters. The third kappa shape index (κ3) is 2.21. The monoisotopic (exact) mass is 285 g/mol. The number of aliphatic hydroxyl groups is 1. The standard InChI is InChI=1S/C8H7BrClF2NO/c9-1-4-5(3-14)7(8(11)12)13-2-6(4)10/h2,8,14H,1,3H2. The predicted molar refractivity (Wildman–Crippen MR) is 52.8 cm³/mol. The van der Waals surface area contributed by atoms with Crippen molar-refractivity contribution in [2.45, 2.75) is 18.4 Å². The minimum absolute atomic E-state index is 0.101. The van der Waals surface area contributed by atoms with Crippen molar-refractivity contribution in [3.05, 3.63) is 28.0 Å². The van der Waals surface area contributed by atoms with Crippen LogP contribution in [0.1, 0.15) is 23.2 Å². The maximum absolute atomic E-state index is 12.4. The van der Waals surface area contributed by atoms with Gasteiger partial charge in [-0.25, -0.2) is 8.78 Å². The smallest absolute Gasteiger partial charge is 0.280 e. The Balaban J connectivity index is 3.33. The Bertz CT molecular complexity index is 335. The number of alkyl halides is 3. The van der Waals surface area contributed by atoms with Gasteiger partial charge in [0, 0.05) is 17.1 Å². The number of hydrogen-bond donors (Lipinski definition) is 1. The molecule has 0 aliphatic carbocycles. The Labute approximate surface area is 93.0 Å².